The van der Waals surface area contributed by atoms with Gasteiger partial charge in [-0.05, 0) is 61.2 Å². The molecule has 1 saturated heterocycles. The number of ether oxygens (including phenoxy) is 1. The van der Waals surface area contributed by atoms with Crippen LogP contribution in [-0.4, -0.2) is 46.0 Å². The van der Waals surface area contributed by atoms with Gasteiger partial charge in [-0.2, -0.15) is 0 Å². The van der Waals surface area contributed by atoms with Crippen molar-refractivity contribution in [2.75, 3.05) is 18.5 Å². The van der Waals surface area contributed by atoms with Crippen LogP contribution in [0.3, 0.4) is 0 Å². The highest BCUT2D eigenvalue weighted by Gasteiger charge is 2.36. The lowest BCUT2D eigenvalue weighted by Gasteiger charge is -2.13. The molecule has 1 aromatic heterocycles. The first-order chi connectivity index (χ1) is 18.2. The van der Waals surface area contributed by atoms with Crippen LogP contribution in [0.2, 0.25) is 5.02 Å². The van der Waals surface area contributed by atoms with Crippen LogP contribution < -0.4 is 5.32 Å². The Morgan fingerprint density at radius 3 is 2.58 bits per heavy atom. The summed E-state index contributed by atoms with van der Waals surface area (Å²) in [6, 6.07) is 13.2. The van der Waals surface area contributed by atoms with Crippen LogP contribution in [0.5, 0.6) is 0 Å². The lowest BCUT2D eigenvalue weighted by Crippen LogP contribution is -2.36. The topological polar surface area (TPSA) is 149 Å². The predicted molar refractivity (Wildman–Crippen MR) is 140 cm³/mol. The van der Waals surface area contributed by atoms with Crippen LogP contribution >= 0.6 is 23.4 Å². The van der Waals surface area contributed by atoms with E-state index in [-0.39, 0.29) is 39.2 Å². The van der Waals surface area contributed by atoms with E-state index in [4.69, 9.17) is 20.8 Å². The van der Waals surface area contributed by atoms with E-state index in [0.717, 1.165) is 4.90 Å². The number of nitrogens with zero attached hydrogens (tertiary/aromatic N) is 2. The zero-order valence-electron chi connectivity index (χ0n) is 19.6. The molecule has 11 nitrogen and oxygen atoms in total. The summed E-state index contributed by atoms with van der Waals surface area (Å²) < 4.78 is 10.6. The lowest BCUT2D eigenvalue weighted by atomic mass is 10.1. The number of halogens is 1. The minimum Gasteiger partial charge on any atom is -0.462 e. The third-order valence-corrected chi connectivity index (χ3v) is 6.42. The van der Waals surface area contributed by atoms with E-state index in [9.17, 15) is 29.3 Å². The molecule has 3 amide bonds. The number of amides is 3. The normalized spacial score (nSPS) is 14.2. The molecule has 1 aliphatic rings. The number of non-ortho nitro benzene ring substituents is 1. The fraction of sp³-hybridized carbons (Fsp3) is 0.120. The van der Waals surface area contributed by atoms with E-state index < -0.39 is 34.5 Å². The standard InChI is InChI=1S/C25H18ClN3O8S/c1-2-36-24(32)18-11-15(5-9-19(18)26)27-22(30)13-28-23(31)21(38-25(28)33)12-17-8-10-20(37-17)14-3-6-16(7-4-14)29(34)35/h3-12H,2,13H2,1H3,(H,27,30)/b21-12+. The van der Waals surface area contributed by atoms with Crippen molar-refractivity contribution >= 4 is 63.8 Å². The van der Waals surface area contributed by atoms with Crippen LogP contribution in [0.1, 0.15) is 23.0 Å². The maximum absolute atomic E-state index is 12.8. The minimum atomic E-state index is -0.674. The number of thioether (sulfide) groups is 1. The van der Waals surface area contributed by atoms with Crippen LogP contribution in [-0.2, 0) is 14.3 Å². The number of rotatable bonds is 8. The Labute approximate surface area is 224 Å². The first-order valence-electron chi connectivity index (χ1n) is 11.0. The van der Waals surface area contributed by atoms with Gasteiger partial charge in [-0.25, -0.2) is 4.79 Å². The lowest BCUT2D eigenvalue weighted by molar-refractivity contribution is -0.384. The maximum Gasteiger partial charge on any atom is 0.339 e. The van der Waals surface area contributed by atoms with Gasteiger partial charge in [0.2, 0.25) is 5.91 Å². The molecule has 0 bridgehead atoms. The average molecular weight is 556 g/mol. The van der Waals surface area contributed by atoms with Crippen molar-refractivity contribution in [1.82, 2.24) is 4.90 Å². The summed E-state index contributed by atoms with van der Waals surface area (Å²) in [5, 5.41) is 12.9. The molecule has 3 aromatic rings. The van der Waals surface area contributed by atoms with Gasteiger partial charge in [0.1, 0.15) is 18.1 Å². The molecule has 1 aliphatic heterocycles. The van der Waals surface area contributed by atoms with Crippen molar-refractivity contribution in [2.45, 2.75) is 6.92 Å². The Morgan fingerprint density at radius 1 is 1.16 bits per heavy atom. The molecular formula is C25H18ClN3O8S. The van der Waals surface area contributed by atoms with Gasteiger partial charge in [0.05, 0.1) is 27.0 Å². The first-order valence-corrected chi connectivity index (χ1v) is 12.2. The van der Waals surface area contributed by atoms with E-state index in [1.54, 1.807) is 19.1 Å². The van der Waals surface area contributed by atoms with E-state index in [1.165, 1.54) is 48.5 Å². The number of nitro groups is 1. The van der Waals surface area contributed by atoms with E-state index in [0.29, 0.717) is 23.1 Å². The average Bonchev–Trinajstić information content (AvgIpc) is 3.45. The van der Waals surface area contributed by atoms with Gasteiger partial charge >= 0.3 is 5.97 Å². The Hall–Kier alpha value is -4.42. The fourth-order valence-electron chi connectivity index (χ4n) is 3.41. The van der Waals surface area contributed by atoms with E-state index in [1.807, 2.05) is 0 Å². The number of carbonyl (C=O) groups is 4. The Balaban J connectivity index is 1.42. The quantitative estimate of drug-likeness (QED) is 0.168. The molecule has 38 heavy (non-hydrogen) atoms. The maximum atomic E-state index is 12.8. The summed E-state index contributed by atoms with van der Waals surface area (Å²) in [4.78, 5) is 60.9. The second kappa shape index (κ2) is 11.3. The number of furan rings is 1. The third kappa shape index (κ3) is 5.93. The number of hydrogen-bond acceptors (Lipinski definition) is 9. The zero-order chi connectivity index (χ0) is 27.4. The zero-order valence-corrected chi connectivity index (χ0v) is 21.2. The Bertz CT molecular complexity index is 1480. The fourth-order valence-corrected chi connectivity index (χ4v) is 4.42. The summed E-state index contributed by atoms with van der Waals surface area (Å²) in [6.45, 7) is 1.24. The van der Waals surface area contributed by atoms with Crippen molar-refractivity contribution < 1.29 is 33.3 Å². The molecule has 194 valence electrons. The van der Waals surface area contributed by atoms with Crippen molar-refractivity contribution in [2.24, 2.45) is 0 Å². The summed E-state index contributed by atoms with van der Waals surface area (Å²) in [7, 11) is 0. The van der Waals surface area contributed by atoms with Gasteiger partial charge in [0.25, 0.3) is 16.8 Å². The number of anilines is 1. The Kier molecular flexibility index (Phi) is 7.93. The minimum absolute atomic E-state index is 0.0588. The monoisotopic (exact) mass is 555 g/mol. The van der Waals surface area contributed by atoms with Gasteiger partial charge in [-0.3, -0.25) is 29.4 Å². The SMILES string of the molecule is CCOC(=O)c1cc(NC(=O)CN2C(=O)S/C(=C/c3ccc(-c4ccc([N+](=O)[O-])cc4)o3)C2=O)ccc1Cl. The van der Waals surface area contributed by atoms with E-state index in [2.05, 4.69) is 5.32 Å². The largest absolute Gasteiger partial charge is 0.462 e. The number of imide groups is 1. The molecule has 2 aromatic carbocycles. The smallest absolute Gasteiger partial charge is 0.339 e. The summed E-state index contributed by atoms with van der Waals surface area (Å²) in [6.07, 6.45) is 1.38. The molecule has 2 heterocycles. The van der Waals surface area contributed by atoms with Gasteiger partial charge < -0.3 is 14.5 Å². The molecule has 13 heteroatoms. The number of benzene rings is 2. The summed E-state index contributed by atoms with van der Waals surface area (Å²) >= 11 is 6.68. The number of nitro benzene ring substituents is 1. The van der Waals surface area contributed by atoms with Gasteiger partial charge in [0, 0.05) is 29.5 Å². The molecule has 0 atom stereocenters. The summed E-state index contributed by atoms with van der Waals surface area (Å²) in [5.41, 5.74) is 0.827. The second-order valence-electron chi connectivity index (χ2n) is 7.74. The van der Waals surface area contributed by atoms with Gasteiger partial charge in [0.15, 0.2) is 0 Å². The number of hydrogen-bond donors (Lipinski definition) is 1. The van der Waals surface area contributed by atoms with Crippen molar-refractivity contribution in [1.29, 1.82) is 0 Å². The number of nitrogens with one attached hydrogen (secondary N) is 1. The highest BCUT2D eigenvalue weighted by Crippen LogP contribution is 2.33. The molecule has 0 saturated carbocycles. The van der Waals surface area contributed by atoms with Crippen LogP contribution in [0, 0.1) is 10.1 Å². The highest BCUT2D eigenvalue weighted by atomic mass is 35.5. The Morgan fingerprint density at radius 2 is 1.89 bits per heavy atom. The van der Waals surface area contributed by atoms with Crippen LogP contribution in [0.25, 0.3) is 17.4 Å². The summed E-state index contributed by atoms with van der Waals surface area (Å²) in [5.74, 6) is -1.30. The van der Waals surface area contributed by atoms with Gasteiger partial charge in [-0.15, -0.1) is 0 Å². The van der Waals surface area contributed by atoms with Crippen molar-refractivity contribution in [3.8, 4) is 11.3 Å². The second-order valence-corrected chi connectivity index (χ2v) is 9.14. The van der Waals surface area contributed by atoms with Gasteiger partial charge in [-0.1, -0.05) is 11.6 Å². The van der Waals surface area contributed by atoms with Crippen molar-refractivity contribution in [3.63, 3.8) is 0 Å². The first kappa shape index (κ1) is 26.6. The number of carbonyl (C=O) groups excluding carboxylic acids is 4. The number of esters is 1. The molecule has 0 spiro atoms. The molecule has 0 radical (unpaired) electrons. The van der Waals surface area contributed by atoms with Crippen molar-refractivity contribution in [3.05, 3.63) is 86.0 Å². The van der Waals surface area contributed by atoms with E-state index >= 15 is 0 Å². The van der Waals surface area contributed by atoms with Crippen LogP contribution in [0.4, 0.5) is 16.2 Å². The molecule has 0 unspecified atom stereocenters. The molecule has 1 fully saturated rings. The molecule has 4 rings (SSSR count). The molecular weight excluding hydrogens is 538 g/mol. The highest BCUT2D eigenvalue weighted by molar-refractivity contribution is 8.18. The third-order valence-electron chi connectivity index (χ3n) is 5.18. The predicted octanol–water partition coefficient (Wildman–Crippen LogP) is 5.36. The molecule has 0 aliphatic carbocycles. The molecule has 1 N–H and O–H groups in total. The van der Waals surface area contributed by atoms with Crippen LogP contribution in [0.15, 0.2) is 63.9 Å².